The standard InChI is InChI=1S/C32H41FN6O3/c1-22(33)32(40)39-16-15-38(20-24(39)10-12-34)31-26-11-14-37(28-8-3-9-29-27(28)7-5-17-41-29)19-23(26)18-30(35-31)42-21-25-6-4-13-36(25)2/h3,8-9,18,22,24-25H,4-7,10-11,13-17,19-21H2,1-2H3/t22?,24-,25-/m0/s1. The van der Waals surface area contributed by atoms with Crippen LogP contribution in [-0.4, -0.2) is 91.9 Å². The van der Waals surface area contributed by atoms with Crippen molar-refractivity contribution in [2.45, 2.75) is 70.2 Å². The lowest BCUT2D eigenvalue weighted by molar-refractivity contribution is -0.138. The fourth-order valence-corrected chi connectivity index (χ4v) is 6.96. The molecule has 2 fully saturated rings. The summed E-state index contributed by atoms with van der Waals surface area (Å²) in [5, 5.41) is 9.51. The number of fused-ring (bicyclic) bond motifs is 2. The number of likely N-dealkylation sites (N-methyl/N-ethyl adjacent to an activating group) is 1. The van der Waals surface area contributed by atoms with E-state index >= 15 is 0 Å². The summed E-state index contributed by atoms with van der Waals surface area (Å²) in [4.78, 5) is 26.1. The number of nitrogens with zero attached hydrogens (tertiary/aromatic N) is 6. The molecule has 5 heterocycles. The first kappa shape index (κ1) is 28.5. The summed E-state index contributed by atoms with van der Waals surface area (Å²) < 4.78 is 26.3. The van der Waals surface area contributed by atoms with E-state index in [1.165, 1.54) is 40.6 Å². The maximum atomic E-state index is 14.0. The second kappa shape index (κ2) is 12.3. The van der Waals surface area contributed by atoms with E-state index < -0.39 is 12.1 Å². The molecule has 1 aromatic heterocycles. The number of anilines is 2. The molecule has 0 spiro atoms. The Morgan fingerprint density at radius 3 is 2.83 bits per heavy atom. The molecule has 1 aromatic carbocycles. The minimum absolute atomic E-state index is 0.149. The van der Waals surface area contributed by atoms with Gasteiger partial charge in [0.15, 0.2) is 6.17 Å². The molecule has 9 nitrogen and oxygen atoms in total. The molecule has 0 radical (unpaired) electrons. The number of ether oxygens (including phenoxy) is 2. The van der Waals surface area contributed by atoms with Gasteiger partial charge in [0.05, 0.1) is 25.1 Å². The van der Waals surface area contributed by atoms with E-state index in [-0.39, 0.29) is 12.5 Å². The predicted octanol–water partition coefficient (Wildman–Crippen LogP) is 3.73. The minimum atomic E-state index is -1.59. The highest BCUT2D eigenvalue weighted by atomic mass is 19.1. The molecular weight excluding hydrogens is 535 g/mol. The third-order valence-corrected chi connectivity index (χ3v) is 9.27. The number of aromatic nitrogens is 1. The van der Waals surface area contributed by atoms with Crippen molar-refractivity contribution in [3.63, 3.8) is 0 Å². The quantitative estimate of drug-likeness (QED) is 0.493. The Hall–Kier alpha value is -3.58. The highest BCUT2D eigenvalue weighted by Crippen LogP contribution is 2.38. The number of benzene rings is 1. The second-order valence-corrected chi connectivity index (χ2v) is 12.0. The van der Waals surface area contributed by atoms with Crippen molar-refractivity contribution in [3.05, 3.63) is 41.0 Å². The van der Waals surface area contributed by atoms with Crippen LogP contribution in [0.5, 0.6) is 11.6 Å². The van der Waals surface area contributed by atoms with E-state index in [1.807, 2.05) is 0 Å². The van der Waals surface area contributed by atoms with Crippen molar-refractivity contribution >= 4 is 17.4 Å². The Morgan fingerprint density at radius 2 is 2.05 bits per heavy atom. The number of carbonyl (C=O) groups is 1. The van der Waals surface area contributed by atoms with Crippen molar-refractivity contribution in [1.29, 1.82) is 5.26 Å². The van der Waals surface area contributed by atoms with E-state index in [0.29, 0.717) is 38.2 Å². The molecular formula is C32H41FN6O3. The Morgan fingerprint density at radius 1 is 1.17 bits per heavy atom. The molecule has 2 aromatic rings. The number of halogens is 1. The molecule has 0 bridgehead atoms. The van der Waals surface area contributed by atoms with Gasteiger partial charge in [0, 0.05) is 61.6 Å². The lowest BCUT2D eigenvalue weighted by Gasteiger charge is -2.43. The molecule has 224 valence electrons. The lowest BCUT2D eigenvalue weighted by atomic mass is 9.96. The van der Waals surface area contributed by atoms with Crippen molar-refractivity contribution in [1.82, 2.24) is 14.8 Å². The van der Waals surface area contributed by atoms with Gasteiger partial charge < -0.3 is 29.1 Å². The number of rotatable bonds is 7. The van der Waals surface area contributed by atoms with Crippen LogP contribution in [0, 0.1) is 11.3 Å². The normalized spacial score (nSPS) is 23.0. The molecule has 42 heavy (non-hydrogen) atoms. The van der Waals surface area contributed by atoms with Gasteiger partial charge in [-0.05, 0) is 70.3 Å². The first-order valence-corrected chi connectivity index (χ1v) is 15.3. The van der Waals surface area contributed by atoms with Gasteiger partial charge in [-0.2, -0.15) is 10.2 Å². The van der Waals surface area contributed by atoms with E-state index in [1.54, 1.807) is 0 Å². The van der Waals surface area contributed by atoms with Crippen LogP contribution in [0.25, 0.3) is 0 Å². The molecule has 1 amide bonds. The van der Waals surface area contributed by atoms with Crippen LogP contribution in [-0.2, 0) is 24.2 Å². The van der Waals surface area contributed by atoms with Crippen molar-refractivity contribution in [2.75, 3.05) is 62.8 Å². The second-order valence-electron chi connectivity index (χ2n) is 12.0. The number of alkyl halides is 1. The Balaban J connectivity index is 1.30. The van der Waals surface area contributed by atoms with E-state index in [0.717, 1.165) is 63.5 Å². The Kier molecular flexibility index (Phi) is 8.38. The Labute approximate surface area is 247 Å². The highest BCUT2D eigenvalue weighted by molar-refractivity contribution is 5.81. The van der Waals surface area contributed by atoms with Gasteiger partial charge in [-0.3, -0.25) is 4.79 Å². The topological polar surface area (TPSA) is 85.2 Å². The summed E-state index contributed by atoms with van der Waals surface area (Å²) >= 11 is 0. The van der Waals surface area contributed by atoms with Gasteiger partial charge in [-0.25, -0.2) is 4.39 Å². The van der Waals surface area contributed by atoms with Crippen molar-refractivity contribution < 1.29 is 18.7 Å². The molecule has 2 saturated heterocycles. The summed E-state index contributed by atoms with van der Waals surface area (Å²) in [7, 11) is 2.14. The van der Waals surface area contributed by atoms with Gasteiger partial charge in [-0.1, -0.05) is 6.07 Å². The zero-order valence-electron chi connectivity index (χ0n) is 24.7. The SMILES string of the molecule is CC(F)C(=O)N1CCN(c2nc(OC[C@@H]3CCCN3C)cc3c2CCN(c2cccc4c2CCCO4)C3)C[C@@H]1CC#N. The lowest BCUT2D eigenvalue weighted by Crippen LogP contribution is -2.57. The predicted molar refractivity (Wildman–Crippen MR) is 159 cm³/mol. The molecule has 0 saturated carbocycles. The molecule has 4 aliphatic heterocycles. The fraction of sp³-hybridized carbons (Fsp3) is 0.594. The number of likely N-dealkylation sites (tertiary alicyclic amines) is 1. The fourth-order valence-electron chi connectivity index (χ4n) is 6.96. The third-order valence-electron chi connectivity index (χ3n) is 9.27. The van der Waals surface area contributed by atoms with Gasteiger partial charge in [-0.15, -0.1) is 0 Å². The summed E-state index contributed by atoms with van der Waals surface area (Å²) in [5.41, 5.74) is 4.88. The maximum absolute atomic E-state index is 14.0. The van der Waals surface area contributed by atoms with Gasteiger partial charge in [0.25, 0.3) is 5.91 Å². The average Bonchev–Trinajstić information content (AvgIpc) is 3.43. The van der Waals surface area contributed by atoms with Crippen LogP contribution >= 0.6 is 0 Å². The average molecular weight is 577 g/mol. The number of hydrogen-bond donors (Lipinski definition) is 0. The molecule has 3 atom stereocenters. The third kappa shape index (κ3) is 5.71. The largest absolute Gasteiger partial charge is 0.493 e. The number of pyridine rings is 1. The molecule has 0 aliphatic carbocycles. The Bertz CT molecular complexity index is 1350. The molecule has 4 aliphatic rings. The summed E-state index contributed by atoms with van der Waals surface area (Å²) in [6.45, 7) is 6.61. The molecule has 1 unspecified atom stereocenters. The summed E-state index contributed by atoms with van der Waals surface area (Å²) in [6.07, 6.45) is 3.70. The maximum Gasteiger partial charge on any atom is 0.257 e. The number of amides is 1. The first-order chi connectivity index (χ1) is 20.4. The first-order valence-electron chi connectivity index (χ1n) is 15.3. The number of piperazine rings is 1. The van der Waals surface area contributed by atoms with E-state index in [9.17, 15) is 14.4 Å². The van der Waals surface area contributed by atoms with Gasteiger partial charge in [0.1, 0.15) is 18.2 Å². The van der Waals surface area contributed by atoms with Crippen molar-refractivity contribution in [3.8, 4) is 17.7 Å². The van der Waals surface area contributed by atoms with E-state index in [2.05, 4.69) is 52.1 Å². The smallest absolute Gasteiger partial charge is 0.257 e. The van der Waals surface area contributed by atoms with Crippen LogP contribution in [0.15, 0.2) is 24.3 Å². The summed E-state index contributed by atoms with van der Waals surface area (Å²) in [5.74, 6) is 1.91. The number of hydrogen-bond acceptors (Lipinski definition) is 8. The minimum Gasteiger partial charge on any atom is -0.493 e. The van der Waals surface area contributed by atoms with Crippen LogP contribution in [0.1, 0.15) is 49.3 Å². The molecule has 10 heteroatoms. The van der Waals surface area contributed by atoms with Crippen molar-refractivity contribution in [2.24, 2.45) is 0 Å². The van der Waals surface area contributed by atoms with Crippen LogP contribution in [0.4, 0.5) is 15.9 Å². The van der Waals surface area contributed by atoms with Crippen LogP contribution < -0.4 is 19.3 Å². The zero-order chi connectivity index (χ0) is 29.2. The van der Waals surface area contributed by atoms with Crippen LogP contribution in [0.3, 0.4) is 0 Å². The van der Waals surface area contributed by atoms with Gasteiger partial charge >= 0.3 is 0 Å². The number of nitriles is 1. The molecule has 0 N–H and O–H groups in total. The monoisotopic (exact) mass is 576 g/mol. The molecule has 6 rings (SSSR count). The van der Waals surface area contributed by atoms with Crippen LogP contribution in [0.2, 0.25) is 0 Å². The number of carbonyl (C=O) groups excluding carboxylic acids is 1. The summed E-state index contributed by atoms with van der Waals surface area (Å²) in [6, 6.07) is 10.6. The zero-order valence-corrected chi connectivity index (χ0v) is 24.7. The van der Waals surface area contributed by atoms with E-state index in [4.69, 9.17) is 14.5 Å². The van der Waals surface area contributed by atoms with Gasteiger partial charge in [0.2, 0.25) is 5.88 Å². The highest BCUT2D eigenvalue weighted by Gasteiger charge is 2.35.